The van der Waals surface area contributed by atoms with Crippen LogP contribution in [0.15, 0.2) is 12.1 Å². The molecule has 1 aromatic heterocycles. The maximum absolute atomic E-state index is 12.6. The van der Waals surface area contributed by atoms with Crippen LogP contribution in [0.1, 0.15) is 5.56 Å². The number of aromatic nitrogens is 3. The van der Waals surface area contributed by atoms with Crippen molar-refractivity contribution in [2.75, 3.05) is 6.26 Å². The Labute approximate surface area is 98.9 Å². The Hall–Kier alpha value is -1.84. The van der Waals surface area contributed by atoms with Crippen LogP contribution in [0.25, 0.3) is 11.0 Å². The molecule has 0 saturated heterocycles. The Balaban J connectivity index is 2.66. The Morgan fingerprint density at radius 1 is 1.28 bits per heavy atom. The van der Waals surface area contributed by atoms with Gasteiger partial charge in [-0.1, -0.05) is 0 Å². The molecular weight excluding hydrogens is 275 g/mol. The quantitative estimate of drug-likeness (QED) is 0.839. The molecule has 2 aromatic rings. The Morgan fingerprint density at radius 3 is 2.50 bits per heavy atom. The molecule has 10 heteroatoms. The minimum absolute atomic E-state index is 0.0894. The minimum atomic E-state index is -4.64. The lowest BCUT2D eigenvalue weighted by Gasteiger charge is -2.09. The lowest BCUT2D eigenvalue weighted by Crippen LogP contribution is -2.09. The van der Waals surface area contributed by atoms with Gasteiger partial charge in [0.2, 0.25) is 0 Å². The van der Waals surface area contributed by atoms with E-state index >= 15 is 0 Å². The molecule has 0 saturated carbocycles. The van der Waals surface area contributed by atoms with E-state index in [1.807, 2.05) is 0 Å². The molecule has 0 aliphatic carbocycles. The number of alkyl halides is 3. The van der Waals surface area contributed by atoms with Gasteiger partial charge in [0, 0.05) is 0 Å². The van der Waals surface area contributed by atoms with E-state index in [1.54, 1.807) is 0 Å². The molecular formula is C8H6F3N3O3S. The number of fused-ring (bicyclic) bond motifs is 1. The third-order valence-corrected chi connectivity index (χ3v) is 2.44. The average molecular weight is 281 g/mol. The molecule has 0 aliphatic rings. The van der Waals surface area contributed by atoms with Gasteiger partial charge in [-0.05, 0) is 12.1 Å². The zero-order valence-electron chi connectivity index (χ0n) is 8.82. The summed E-state index contributed by atoms with van der Waals surface area (Å²) < 4.78 is 64.1. The maximum atomic E-state index is 12.6. The summed E-state index contributed by atoms with van der Waals surface area (Å²) in [7, 11) is -3.96. The highest BCUT2D eigenvalue weighted by molar-refractivity contribution is 7.86. The molecule has 1 aromatic carbocycles. The topological polar surface area (TPSA) is 84.9 Å². The number of nitrogens with one attached hydrogen (secondary N) is 1. The van der Waals surface area contributed by atoms with Crippen molar-refractivity contribution in [1.82, 2.24) is 15.4 Å². The van der Waals surface area contributed by atoms with Crippen molar-refractivity contribution >= 4 is 21.2 Å². The summed E-state index contributed by atoms with van der Waals surface area (Å²) in [5, 5.41) is 9.11. The zero-order chi connectivity index (χ0) is 13.6. The lowest BCUT2D eigenvalue weighted by atomic mass is 10.2. The van der Waals surface area contributed by atoms with Crippen LogP contribution in [0.5, 0.6) is 5.75 Å². The molecule has 0 radical (unpaired) electrons. The van der Waals surface area contributed by atoms with E-state index in [9.17, 15) is 21.6 Å². The average Bonchev–Trinajstić information content (AvgIpc) is 2.61. The van der Waals surface area contributed by atoms with Gasteiger partial charge in [0.15, 0.2) is 11.3 Å². The predicted octanol–water partition coefficient (Wildman–Crippen LogP) is 1.32. The molecule has 1 heterocycles. The second-order valence-corrected chi connectivity index (χ2v) is 5.03. The molecule has 98 valence electrons. The molecule has 0 atom stereocenters. The normalized spacial score (nSPS) is 12.9. The highest BCUT2D eigenvalue weighted by atomic mass is 32.2. The van der Waals surface area contributed by atoms with Crippen molar-refractivity contribution in [3.05, 3.63) is 17.7 Å². The number of H-pyrrole nitrogens is 1. The lowest BCUT2D eigenvalue weighted by molar-refractivity contribution is -0.137. The van der Waals surface area contributed by atoms with Gasteiger partial charge < -0.3 is 4.18 Å². The largest absolute Gasteiger partial charge is 0.416 e. The molecule has 0 fully saturated rings. The van der Waals surface area contributed by atoms with E-state index in [1.165, 1.54) is 0 Å². The highest BCUT2D eigenvalue weighted by Gasteiger charge is 2.32. The zero-order valence-corrected chi connectivity index (χ0v) is 9.63. The van der Waals surface area contributed by atoms with Gasteiger partial charge in [-0.3, -0.25) is 0 Å². The van der Waals surface area contributed by atoms with Crippen LogP contribution < -0.4 is 4.18 Å². The molecule has 2 rings (SSSR count). The van der Waals surface area contributed by atoms with Crippen molar-refractivity contribution in [2.24, 2.45) is 0 Å². The number of halogens is 3. The maximum Gasteiger partial charge on any atom is 0.416 e. The van der Waals surface area contributed by atoms with Crippen molar-refractivity contribution in [3.63, 3.8) is 0 Å². The summed E-state index contributed by atoms with van der Waals surface area (Å²) in [5.74, 6) is -0.518. The molecule has 0 spiro atoms. The van der Waals surface area contributed by atoms with Crippen molar-refractivity contribution in [2.45, 2.75) is 6.18 Å². The minimum Gasteiger partial charge on any atom is -0.380 e. The van der Waals surface area contributed by atoms with Crippen molar-refractivity contribution in [1.29, 1.82) is 0 Å². The van der Waals surface area contributed by atoms with E-state index in [0.29, 0.717) is 6.07 Å². The van der Waals surface area contributed by atoms with Crippen LogP contribution >= 0.6 is 0 Å². The first-order valence-electron chi connectivity index (χ1n) is 4.48. The van der Waals surface area contributed by atoms with Gasteiger partial charge in [0.05, 0.1) is 11.8 Å². The van der Waals surface area contributed by atoms with Gasteiger partial charge in [0.25, 0.3) is 0 Å². The SMILES string of the molecule is CS(=O)(=O)Oc1cc(C(F)(F)F)cc2n[nH]nc12. The molecule has 1 N–H and O–H groups in total. The number of nitrogens with zero attached hydrogens (tertiary/aromatic N) is 2. The van der Waals surface area contributed by atoms with Crippen LogP contribution in [-0.4, -0.2) is 30.1 Å². The van der Waals surface area contributed by atoms with Gasteiger partial charge in [-0.25, -0.2) is 0 Å². The fourth-order valence-electron chi connectivity index (χ4n) is 1.31. The highest BCUT2D eigenvalue weighted by Crippen LogP contribution is 2.35. The van der Waals surface area contributed by atoms with Gasteiger partial charge in [-0.15, -0.1) is 0 Å². The fourth-order valence-corrected chi connectivity index (χ4v) is 1.76. The number of benzene rings is 1. The Morgan fingerprint density at radius 2 is 1.94 bits per heavy atom. The first kappa shape index (κ1) is 12.6. The van der Waals surface area contributed by atoms with E-state index < -0.39 is 27.6 Å². The Bertz CT molecular complexity index is 692. The number of hydrogen-bond donors (Lipinski definition) is 1. The standard InChI is InChI=1S/C8H6F3N3O3S/c1-18(15,16)17-6-3-4(8(9,10)11)2-5-7(6)13-14-12-5/h2-3H,1H3,(H,12,13,14). The number of hydrogen-bond acceptors (Lipinski definition) is 5. The molecule has 18 heavy (non-hydrogen) atoms. The molecule has 0 aliphatic heterocycles. The van der Waals surface area contributed by atoms with Crippen LogP contribution in [0, 0.1) is 0 Å². The third kappa shape index (κ3) is 2.53. The fraction of sp³-hybridized carbons (Fsp3) is 0.250. The van der Waals surface area contributed by atoms with Crippen molar-refractivity contribution in [3.8, 4) is 5.75 Å². The second-order valence-electron chi connectivity index (χ2n) is 3.45. The van der Waals surface area contributed by atoms with E-state index in [-0.39, 0.29) is 11.0 Å². The third-order valence-electron chi connectivity index (χ3n) is 1.96. The van der Waals surface area contributed by atoms with Crippen LogP contribution in [0.2, 0.25) is 0 Å². The first-order chi connectivity index (χ1) is 8.17. The summed E-state index contributed by atoms with van der Waals surface area (Å²) >= 11 is 0. The summed E-state index contributed by atoms with van der Waals surface area (Å²) in [6.45, 7) is 0. The smallest absolute Gasteiger partial charge is 0.380 e. The Kier molecular flexibility index (Phi) is 2.69. The molecule has 0 bridgehead atoms. The monoisotopic (exact) mass is 281 g/mol. The number of rotatable bonds is 2. The summed E-state index contributed by atoms with van der Waals surface area (Å²) in [6, 6.07) is 1.31. The predicted molar refractivity (Wildman–Crippen MR) is 54.4 cm³/mol. The summed E-state index contributed by atoms with van der Waals surface area (Å²) in [6.07, 6.45) is -3.91. The first-order valence-corrected chi connectivity index (χ1v) is 6.29. The number of aromatic amines is 1. The van der Waals surface area contributed by atoms with E-state index in [0.717, 1.165) is 12.3 Å². The molecule has 0 unspecified atom stereocenters. The van der Waals surface area contributed by atoms with Crippen LogP contribution in [0.4, 0.5) is 13.2 Å². The van der Waals surface area contributed by atoms with E-state index in [4.69, 9.17) is 0 Å². The van der Waals surface area contributed by atoms with Gasteiger partial charge >= 0.3 is 16.3 Å². The van der Waals surface area contributed by atoms with Gasteiger partial charge in [-0.2, -0.15) is 37.0 Å². The molecule has 6 nitrogen and oxygen atoms in total. The summed E-state index contributed by atoms with van der Waals surface area (Å²) in [5.41, 5.74) is -1.29. The molecule has 0 amide bonds. The van der Waals surface area contributed by atoms with Crippen molar-refractivity contribution < 1.29 is 25.8 Å². The van der Waals surface area contributed by atoms with Crippen LogP contribution in [0.3, 0.4) is 0 Å². The van der Waals surface area contributed by atoms with Crippen LogP contribution in [-0.2, 0) is 16.3 Å². The second kappa shape index (κ2) is 3.83. The summed E-state index contributed by atoms with van der Waals surface area (Å²) in [4.78, 5) is 0. The van der Waals surface area contributed by atoms with Gasteiger partial charge in [0.1, 0.15) is 5.52 Å². The van der Waals surface area contributed by atoms with E-state index in [2.05, 4.69) is 19.6 Å².